The van der Waals surface area contributed by atoms with Gasteiger partial charge in [-0.3, -0.25) is 14.4 Å². The number of carbonyl (C=O) groups excluding carboxylic acids is 3. The molecule has 3 heterocycles. The van der Waals surface area contributed by atoms with Crippen LogP contribution in [0, 0.1) is 28.6 Å². The average molecular weight is 358 g/mol. The van der Waals surface area contributed by atoms with Crippen molar-refractivity contribution in [2.75, 3.05) is 6.61 Å². The lowest BCUT2D eigenvalue weighted by Gasteiger charge is -2.54. The first-order chi connectivity index (χ1) is 12.5. The molecule has 4 fully saturated rings. The summed E-state index contributed by atoms with van der Waals surface area (Å²) in [6.07, 6.45) is 5.93. The summed E-state index contributed by atoms with van der Waals surface area (Å²) >= 11 is 0. The van der Waals surface area contributed by atoms with E-state index in [4.69, 9.17) is 13.9 Å². The fourth-order valence-corrected chi connectivity index (χ4v) is 6.29. The molecule has 6 heteroatoms. The summed E-state index contributed by atoms with van der Waals surface area (Å²) in [6.45, 7) is 2.10. The van der Waals surface area contributed by atoms with Crippen molar-refractivity contribution in [1.29, 1.82) is 0 Å². The number of cyclic esters (lactones) is 2. The summed E-state index contributed by atoms with van der Waals surface area (Å²) < 4.78 is 16.3. The van der Waals surface area contributed by atoms with Crippen LogP contribution in [0.2, 0.25) is 0 Å². The van der Waals surface area contributed by atoms with Crippen LogP contribution in [0.3, 0.4) is 0 Å². The number of fused-ring (bicyclic) bond motifs is 1. The van der Waals surface area contributed by atoms with Gasteiger partial charge in [0, 0.05) is 18.4 Å². The van der Waals surface area contributed by atoms with Crippen molar-refractivity contribution in [2.24, 2.45) is 28.6 Å². The number of ketones is 1. The minimum Gasteiger partial charge on any atom is -0.472 e. The topological polar surface area (TPSA) is 82.8 Å². The first kappa shape index (κ1) is 16.1. The number of rotatable bonds is 1. The number of ether oxygens (including phenoxy) is 2. The molecular weight excluding hydrogens is 336 g/mol. The van der Waals surface area contributed by atoms with Crippen molar-refractivity contribution in [3.63, 3.8) is 0 Å². The Kier molecular flexibility index (Phi) is 3.22. The number of furan rings is 1. The third-order valence-electron chi connectivity index (χ3n) is 7.55. The number of hydrogen-bond donors (Lipinski definition) is 0. The SMILES string of the molecule is C[C@@H]1CC(=O)[C@@]23COC(=O)[C@@H]2CCC[C@@H]3[C@@]12C[C@@H](c1ccoc1)OC2=O. The molecule has 0 amide bonds. The summed E-state index contributed by atoms with van der Waals surface area (Å²) in [4.78, 5) is 38.7. The maximum Gasteiger partial charge on any atom is 0.313 e. The molecule has 0 aromatic carbocycles. The quantitative estimate of drug-likeness (QED) is 0.718. The van der Waals surface area contributed by atoms with Gasteiger partial charge in [-0.1, -0.05) is 13.3 Å². The van der Waals surface area contributed by atoms with Crippen molar-refractivity contribution in [3.8, 4) is 0 Å². The van der Waals surface area contributed by atoms with Gasteiger partial charge in [0.2, 0.25) is 0 Å². The Bertz CT molecular complexity index is 782. The molecule has 0 bridgehead atoms. The normalized spacial score (nSPS) is 44.6. The van der Waals surface area contributed by atoms with E-state index in [1.165, 1.54) is 0 Å². The molecule has 4 aliphatic rings. The Morgan fingerprint density at radius 2 is 2.00 bits per heavy atom. The predicted molar refractivity (Wildman–Crippen MR) is 87.6 cm³/mol. The highest BCUT2D eigenvalue weighted by molar-refractivity contribution is 5.96. The van der Waals surface area contributed by atoms with Crippen LogP contribution in [0.5, 0.6) is 0 Å². The third-order valence-corrected chi connectivity index (χ3v) is 7.55. The smallest absolute Gasteiger partial charge is 0.313 e. The zero-order chi connectivity index (χ0) is 18.1. The van der Waals surface area contributed by atoms with Crippen molar-refractivity contribution < 1.29 is 28.3 Å². The largest absolute Gasteiger partial charge is 0.472 e. The fraction of sp³-hybridized carbons (Fsp3) is 0.650. The minimum atomic E-state index is -0.841. The van der Waals surface area contributed by atoms with Gasteiger partial charge < -0.3 is 13.9 Å². The lowest BCUT2D eigenvalue weighted by Crippen LogP contribution is -2.61. The van der Waals surface area contributed by atoms with E-state index in [0.717, 1.165) is 18.4 Å². The van der Waals surface area contributed by atoms with Gasteiger partial charge in [0.15, 0.2) is 0 Å². The summed E-state index contributed by atoms with van der Waals surface area (Å²) in [5, 5.41) is 0. The van der Waals surface area contributed by atoms with Gasteiger partial charge in [-0.15, -0.1) is 0 Å². The van der Waals surface area contributed by atoms with E-state index in [1.54, 1.807) is 12.5 Å². The molecule has 2 saturated heterocycles. The maximum atomic E-state index is 13.2. The van der Waals surface area contributed by atoms with Crippen molar-refractivity contribution >= 4 is 17.7 Å². The lowest BCUT2D eigenvalue weighted by molar-refractivity contribution is -0.174. The molecule has 138 valence electrons. The Labute approximate surface area is 151 Å². The van der Waals surface area contributed by atoms with E-state index in [0.29, 0.717) is 19.3 Å². The van der Waals surface area contributed by atoms with Gasteiger partial charge in [-0.25, -0.2) is 0 Å². The average Bonchev–Trinajstić information content (AvgIpc) is 3.33. The molecule has 5 rings (SSSR count). The molecule has 2 aliphatic heterocycles. The molecule has 6 nitrogen and oxygen atoms in total. The van der Waals surface area contributed by atoms with Crippen LogP contribution in [-0.2, 0) is 23.9 Å². The molecule has 1 aromatic heterocycles. The van der Waals surface area contributed by atoms with Gasteiger partial charge in [0.25, 0.3) is 0 Å². The van der Waals surface area contributed by atoms with Gasteiger partial charge >= 0.3 is 11.9 Å². The van der Waals surface area contributed by atoms with Crippen molar-refractivity contribution in [3.05, 3.63) is 24.2 Å². The number of carbonyl (C=O) groups is 3. The molecule has 0 unspecified atom stereocenters. The van der Waals surface area contributed by atoms with Gasteiger partial charge in [-0.2, -0.15) is 0 Å². The summed E-state index contributed by atoms with van der Waals surface area (Å²) in [6, 6.07) is 1.82. The van der Waals surface area contributed by atoms with E-state index >= 15 is 0 Å². The molecule has 2 saturated carbocycles. The second-order valence-corrected chi connectivity index (χ2v) is 8.41. The molecular formula is C20H22O6. The van der Waals surface area contributed by atoms with E-state index in [1.807, 2.05) is 13.0 Å². The Morgan fingerprint density at radius 3 is 2.77 bits per heavy atom. The first-order valence-electron chi connectivity index (χ1n) is 9.43. The maximum absolute atomic E-state index is 13.2. The number of hydrogen-bond acceptors (Lipinski definition) is 6. The van der Waals surface area contributed by atoms with Crippen LogP contribution in [0.25, 0.3) is 0 Å². The van der Waals surface area contributed by atoms with Crippen LogP contribution in [0.4, 0.5) is 0 Å². The van der Waals surface area contributed by atoms with Crippen LogP contribution < -0.4 is 0 Å². The van der Waals surface area contributed by atoms with Crippen LogP contribution in [0.15, 0.2) is 23.0 Å². The molecule has 0 N–H and O–H groups in total. The van der Waals surface area contributed by atoms with Gasteiger partial charge in [0.1, 0.15) is 18.5 Å². The third kappa shape index (κ3) is 1.75. The van der Waals surface area contributed by atoms with E-state index < -0.39 is 16.7 Å². The van der Waals surface area contributed by atoms with Gasteiger partial charge in [-0.05, 0) is 30.7 Å². The number of Topliss-reactive ketones (excluding diaryl/α,β-unsaturated/α-hetero) is 1. The summed E-state index contributed by atoms with van der Waals surface area (Å²) in [5.41, 5.74) is -0.728. The second kappa shape index (κ2) is 5.21. The fourth-order valence-electron chi connectivity index (χ4n) is 6.29. The van der Waals surface area contributed by atoms with Crippen LogP contribution >= 0.6 is 0 Å². The molecule has 0 radical (unpaired) electrons. The van der Waals surface area contributed by atoms with Gasteiger partial charge in [0.05, 0.1) is 29.3 Å². The van der Waals surface area contributed by atoms with Crippen molar-refractivity contribution in [1.82, 2.24) is 0 Å². The van der Waals surface area contributed by atoms with Crippen LogP contribution in [-0.4, -0.2) is 24.3 Å². The zero-order valence-corrected chi connectivity index (χ0v) is 14.7. The Morgan fingerprint density at radius 1 is 1.15 bits per heavy atom. The molecule has 2 spiro atoms. The summed E-state index contributed by atoms with van der Waals surface area (Å²) in [7, 11) is 0. The number of esters is 2. The Hall–Kier alpha value is -2.11. The summed E-state index contributed by atoms with van der Waals surface area (Å²) in [5.74, 6) is -1.11. The second-order valence-electron chi connectivity index (χ2n) is 8.41. The highest BCUT2D eigenvalue weighted by Gasteiger charge is 2.73. The zero-order valence-electron chi connectivity index (χ0n) is 14.7. The van der Waals surface area contributed by atoms with E-state index in [9.17, 15) is 14.4 Å². The first-order valence-corrected chi connectivity index (χ1v) is 9.43. The molecule has 6 atom stereocenters. The highest BCUT2D eigenvalue weighted by atomic mass is 16.6. The van der Waals surface area contributed by atoms with E-state index in [2.05, 4.69) is 0 Å². The van der Waals surface area contributed by atoms with Crippen molar-refractivity contribution in [2.45, 2.75) is 45.1 Å². The van der Waals surface area contributed by atoms with Crippen LogP contribution in [0.1, 0.15) is 50.7 Å². The van der Waals surface area contributed by atoms with E-state index in [-0.39, 0.29) is 42.3 Å². The lowest BCUT2D eigenvalue weighted by atomic mass is 9.44. The molecule has 1 aromatic rings. The minimum absolute atomic E-state index is 0.0933. The highest BCUT2D eigenvalue weighted by Crippen LogP contribution is 2.67. The molecule has 26 heavy (non-hydrogen) atoms. The standard InChI is InChI=1S/C20H22O6/c1-11-7-16(21)20-10-25-17(22)13(20)3-2-4-15(20)19(11)8-14(26-18(19)23)12-5-6-24-9-12/h5-6,9,11,13-15H,2-4,7-8,10H2,1H3/t11-,13+,14+,15-,19-,20+/m1/s1. The Balaban J connectivity index is 1.61. The predicted octanol–water partition coefficient (Wildman–Crippen LogP) is 2.82. The molecule has 2 aliphatic carbocycles. The monoisotopic (exact) mass is 358 g/mol.